The molecule has 146 valence electrons. The third kappa shape index (κ3) is 5.30. The van der Waals surface area contributed by atoms with Crippen molar-refractivity contribution in [2.45, 2.75) is 13.0 Å². The average Bonchev–Trinajstić information content (AvgIpc) is 2.72. The Labute approximate surface area is 174 Å². The minimum Gasteiger partial charge on any atom is -0.383 e. The Morgan fingerprint density at radius 3 is 2.28 bits per heavy atom. The van der Waals surface area contributed by atoms with Gasteiger partial charge in [0.1, 0.15) is 11.9 Å². The van der Waals surface area contributed by atoms with Crippen molar-refractivity contribution in [2.75, 3.05) is 0 Å². The molecule has 0 aromatic heterocycles. The molecule has 5 nitrogen and oxygen atoms in total. The van der Waals surface area contributed by atoms with Gasteiger partial charge in [-0.1, -0.05) is 71.8 Å². The summed E-state index contributed by atoms with van der Waals surface area (Å²) >= 11 is 6.08. The second kappa shape index (κ2) is 9.17. The summed E-state index contributed by atoms with van der Waals surface area (Å²) < 4.78 is 0. The van der Waals surface area contributed by atoms with E-state index >= 15 is 0 Å². The first kappa shape index (κ1) is 20.3. The molecule has 0 bridgehead atoms. The van der Waals surface area contributed by atoms with Crippen LogP contribution in [0.25, 0.3) is 0 Å². The van der Waals surface area contributed by atoms with Crippen molar-refractivity contribution in [1.29, 1.82) is 0 Å². The van der Waals surface area contributed by atoms with Gasteiger partial charge < -0.3 is 11.1 Å². The quantitative estimate of drug-likeness (QED) is 0.496. The molecule has 2 amide bonds. The van der Waals surface area contributed by atoms with Crippen LogP contribution in [-0.2, 0) is 4.79 Å². The van der Waals surface area contributed by atoms with Gasteiger partial charge in [-0.2, -0.15) is 4.99 Å². The van der Waals surface area contributed by atoms with Crippen LogP contribution in [-0.4, -0.2) is 17.6 Å². The molecule has 1 unspecified atom stereocenters. The van der Waals surface area contributed by atoms with E-state index in [-0.39, 0.29) is 5.84 Å². The predicted octanol–water partition coefficient (Wildman–Crippen LogP) is 4.05. The van der Waals surface area contributed by atoms with Gasteiger partial charge in [0.05, 0.1) is 0 Å². The van der Waals surface area contributed by atoms with Crippen molar-refractivity contribution in [3.63, 3.8) is 0 Å². The molecule has 3 aromatic rings. The molecule has 0 aliphatic heterocycles. The smallest absolute Gasteiger partial charge is 0.274 e. The average molecular weight is 406 g/mol. The minimum atomic E-state index is -1.02. The highest BCUT2D eigenvalue weighted by Crippen LogP contribution is 2.20. The molecular weight excluding hydrogens is 386 g/mol. The van der Waals surface area contributed by atoms with E-state index in [9.17, 15) is 9.59 Å². The van der Waals surface area contributed by atoms with E-state index < -0.39 is 17.9 Å². The summed E-state index contributed by atoms with van der Waals surface area (Å²) in [5.41, 5.74) is 8.60. The summed E-state index contributed by atoms with van der Waals surface area (Å²) in [5.74, 6) is -0.905. The van der Waals surface area contributed by atoms with E-state index in [0.29, 0.717) is 21.7 Å². The van der Waals surface area contributed by atoms with Gasteiger partial charge in [-0.05, 0) is 36.8 Å². The molecule has 0 aliphatic carbocycles. The number of benzene rings is 3. The monoisotopic (exact) mass is 405 g/mol. The van der Waals surface area contributed by atoms with E-state index in [1.807, 2.05) is 25.1 Å². The van der Waals surface area contributed by atoms with Crippen LogP contribution in [0, 0.1) is 6.92 Å². The summed E-state index contributed by atoms with van der Waals surface area (Å²) in [5, 5.41) is 3.19. The lowest BCUT2D eigenvalue weighted by Gasteiger charge is -2.17. The number of amidine groups is 1. The van der Waals surface area contributed by atoms with Crippen molar-refractivity contribution in [3.8, 4) is 0 Å². The summed E-state index contributed by atoms with van der Waals surface area (Å²) in [4.78, 5) is 29.7. The van der Waals surface area contributed by atoms with Crippen molar-refractivity contribution in [2.24, 2.45) is 10.7 Å². The van der Waals surface area contributed by atoms with E-state index in [4.69, 9.17) is 17.3 Å². The summed E-state index contributed by atoms with van der Waals surface area (Å²) in [6, 6.07) is 21.7. The molecule has 3 rings (SSSR count). The molecule has 0 radical (unpaired) electrons. The lowest BCUT2D eigenvalue weighted by molar-refractivity contribution is -0.119. The summed E-state index contributed by atoms with van der Waals surface area (Å²) in [7, 11) is 0. The molecule has 0 saturated carbocycles. The van der Waals surface area contributed by atoms with E-state index in [1.165, 1.54) is 0 Å². The number of aryl methyl sites for hydroxylation is 1. The Balaban J connectivity index is 1.91. The number of carbonyl (C=O) groups excluding carboxylic acids is 2. The number of amides is 2. The van der Waals surface area contributed by atoms with E-state index in [0.717, 1.165) is 5.56 Å². The van der Waals surface area contributed by atoms with Crippen LogP contribution in [0.1, 0.15) is 33.1 Å². The fourth-order valence-corrected chi connectivity index (χ4v) is 2.95. The van der Waals surface area contributed by atoms with Crippen molar-refractivity contribution >= 4 is 29.3 Å². The number of nitrogens with zero attached hydrogens (tertiary/aromatic N) is 1. The highest BCUT2D eigenvalue weighted by Gasteiger charge is 2.24. The van der Waals surface area contributed by atoms with E-state index in [1.54, 1.807) is 60.7 Å². The zero-order valence-electron chi connectivity index (χ0n) is 15.8. The number of nitrogens with two attached hydrogens (primary N) is 1. The number of hydrogen-bond donors (Lipinski definition) is 2. The standard InChI is InChI=1S/C23H20ClN3O2/c1-15-10-12-17(13-11-15)22(28)26-20(18-8-5-9-19(24)14-18)23(29)27-21(25)16-6-3-2-4-7-16/h2-14,20H,1H3,(H,26,28)(H2,25,27,29). The minimum absolute atomic E-state index is 0.0761. The molecular formula is C23H20ClN3O2. The number of halogens is 1. The highest BCUT2D eigenvalue weighted by molar-refractivity contribution is 6.30. The van der Waals surface area contributed by atoms with Crippen LogP contribution in [0.4, 0.5) is 0 Å². The maximum Gasteiger partial charge on any atom is 0.274 e. The first-order valence-corrected chi connectivity index (χ1v) is 9.38. The zero-order chi connectivity index (χ0) is 20.8. The van der Waals surface area contributed by atoms with Crippen LogP contribution in [0.2, 0.25) is 5.02 Å². The molecule has 0 fully saturated rings. The number of rotatable bonds is 5. The van der Waals surface area contributed by atoms with Crippen molar-refractivity contribution in [3.05, 3.63) is 106 Å². The van der Waals surface area contributed by atoms with Gasteiger partial charge in [0.25, 0.3) is 11.8 Å². The molecule has 6 heteroatoms. The van der Waals surface area contributed by atoms with Crippen LogP contribution in [0.5, 0.6) is 0 Å². The SMILES string of the molecule is Cc1ccc(C(=O)NC(C(=O)N=C(N)c2ccccc2)c2cccc(Cl)c2)cc1. The Morgan fingerprint density at radius 1 is 0.931 bits per heavy atom. The van der Waals surface area contributed by atoms with Gasteiger partial charge in [-0.25, -0.2) is 0 Å². The second-order valence-electron chi connectivity index (χ2n) is 6.53. The van der Waals surface area contributed by atoms with Crippen molar-refractivity contribution in [1.82, 2.24) is 5.32 Å². The predicted molar refractivity (Wildman–Crippen MR) is 115 cm³/mol. The molecule has 0 saturated heterocycles. The number of hydrogen-bond acceptors (Lipinski definition) is 2. The maximum atomic E-state index is 12.9. The van der Waals surface area contributed by atoms with Gasteiger partial charge in [-0.3, -0.25) is 9.59 Å². The Bertz CT molecular complexity index is 1050. The number of carbonyl (C=O) groups is 2. The first-order valence-electron chi connectivity index (χ1n) is 9.00. The molecule has 29 heavy (non-hydrogen) atoms. The van der Waals surface area contributed by atoms with Crippen LogP contribution < -0.4 is 11.1 Å². The number of aliphatic imine (C=N–C) groups is 1. The summed E-state index contributed by atoms with van der Waals surface area (Å²) in [6.45, 7) is 1.93. The first-order chi connectivity index (χ1) is 13.9. The second-order valence-corrected chi connectivity index (χ2v) is 6.97. The summed E-state index contributed by atoms with van der Waals surface area (Å²) in [6.07, 6.45) is 0. The Hall–Kier alpha value is -3.44. The normalized spacial score (nSPS) is 12.3. The largest absolute Gasteiger partial charge is 0.383 e. The molecule has 1 atom stereocenters. The molecule has 0 spiro atoms. The number of nitrogens with one attached hydrogen (secondary N) is 1. The zero-order valence-corrected chi connectivity index (χ0v) is 16.6. The van der Waals surface area contributed by atoms with Gasteiger partial charge in [0.2, 0.25) is 0 Å². The lowest BCUT2D eigenvalue weighted by Crippen LogP contribution is -2.34. The van der Waals surface area contributed by atoms with Gasteiger partial charge in [0.15, 0.2) is 0 Å². The van der Waals surface area contributed by atoms with Gasteiger partial charge >= 0.3 is 0 Å². The highest BCUT2D eigenvalue weighted by atomic mass is 35.5. The van der Waals surface area contributed by atoms with Crippen LogP contribution in [0.15, 0.2) is 83.9 Å². The van der Waals surface area contributed by atoms with Gasteiger partial charge in [0, 0.05) is 16.1 Å². The molecule has 3 aromatic carbocycles. The molecule has 0 heterocycles. The molecule has 3 N–H and O–H groups in total. The van der Waals surface area contributed by atoms with Crippen molar-refractivity contribution < 1.29 is 9.59 Å². The topological polar surface area (TPSA) is 84.5 Å². The molecule has 0 aliphatic rings. The van der Waals surface area contributed by atoms with Crippen LogP contribution >= 0.6 is 11.6 Å². The van der Waals surface area contributed by atoms with Gasteiger partial charge in [-0.15, -0.1) is 0 Å². The Morgan fingerprint density at radius 2 is 1.62 bits per heavy atom. The fourth-order valence-electron chi connectivity index (χ4n) is 2.75. The third-order valence-electron chi connectivity index (χ3n) is 4.32. The fraction of sp³-hybridized carbons (Fsp3) is 0.0870. The van der Waals surface area contributed by atoms with Crippen LogP contribution in [0.3, 0.4) is 0 Å². The lowest BCUT2D eigenvalue weighted by atomic mass is 10.0. The third-order valence-corrected chi connectivity index (χ3v) is 4.55. The maximum absolute atomic E-state index is 12.9. The van der Waals surface area contributed by atoms with E-state index in [2.05, 4.69) is 10.3 Å². The Kier molecular flexibility index (Phi) is 6.42.